The lowest BCUT2D eigenvalue weighted by Gasteiger charge is -2.12. The molecule has 1 rings (SSSR count). The fourth-order valence-corrected chi connectivity index (χ4v) is 1.52. The van der Waals surface area contributed by atoms with Crippen LogP contribution in [0.1, 0.15) is 18.2 Å². The lowest BCUT2D eigenvalue weighted by molar-refractivity contribution is -0.143. The second-order valence-electron chi connectivity index (χ2n) is 3.85. The molecule has 0 aliphatic heterocycles. The fourth-order valence-electron chi connectivity index (χ4n) is 1.52. The summed E-state index contributed by atoms with van der Waals surface area (Å²) in [5.74, 6) is -0.500. The van der Waals surface area contributed by atoms with Crippen LogP contribution in [0.5, 0.6) is 0 Å². The van der Waals surface area contributed by atoms with Crippen molar-refractivity contribution in [3.05, 3.63) is 22.3 Å². The molecule has 2 N–H and O–H groups in total. The molecule has 0 fully saturated rings. The van der Waals surface area contributed by atoms with Crippen LogP contribution in [-0.2, 0) is 16.1 Å². The number of methoxy groups -OCH3 is 1. The Hall–Kier alpha value is -2.16. The number of nitrogens with zero attached hydrogens (tertiary/aromatic N) is 6. The first kappa shape index (κ1) is 15.9. The maximum Gasteiger partial charge on any atom is 0.329 e. The average Bonchev–Trinajstić information content (AvgIpc) is 2.93. The summed E-state index contributed by atoms with van der Waals surface area (Å²) in [4.78, 5) is 14.3. The molecule has 0 aliphatic rings. The van der Waals surface area contributed by atoms with Crippen molar-refractivity contribution in [3.63, 3.8) is 0 Å². The van der Waals surface area contributed by atoms with Crippen LogP contribution in [0, 0.1) is 0 Å². The third-order valence-electron chi connectivity index (χ3n) is 2.46. The van der Waals surface area contributed by atoms with Crippen molar-refractivity contribution in [2.75, 3.05) is 26.8 Å². The van der Waals surface area contributed by atoms with E-state index in [-0.39, 0.29) is 13.2 Å². The van der Waals surface area contributed by atoms with Crippen LogP contribution in [0.25, 0.3) is 10.4 Å². The van der Waals surface area contributed by atoms with Gasteiger partial charge in [0.1, 0.15) is 5.69 Å². The van der Waals surface area contributed by atoms with Gasteiger partial charge in [0.05, 0.1) is 13.3 Å². The number of aromatic nitrogens is 3. The molecule has 0 bridgehead atoms. The first-order valence-corrected chi connectivity index (χ1v) is 6.06. The van der Waals surface area contributed by atoms with Gasteiger partial charge in [-0.05, 0) is 12.0 Å². The van der Waals surface area contributed by atoms with E-state index in [1.54, 1.807) is 6.20 Å². The number of aliphatic hydroxyl groups excluding tert-OH is 1. The van der Waals surface area contributed by atoms with Crippen molar-refractivity contribution in [1.29, 1.82) is 0 Å². The number of ether oxygens (including phenoxy) is 1. The number of hydrogen-bond acceptors (Lipinski definition) is 7. The fraction of sp³-hybridized carbons (Fsp3) is 0.700. The van der Waals surface area contributed by atoms with Crippen LogP contribution in [0.3, 0.4) is 0 Å². The highest BCUT2D eigenvalue weighted by Crippen LogP contribution is 2.11. The maximum atomic E-state index is 11.7. The summed E-state index contributed by atoms with van der Waals surface area (Å²) < 4.78 is 6.23. The maximum absolute atomic E-state index is 11.7. The standard InChI is InChI=1S/C10H17N7O3/c1-20-10(19)9(12-3-4-13-15-11)8-7-17(16-14-8)5-2-6-18/h7,9,12,18H,2-6H2,1H3. The van der Waals surface area contributed by atoms with Crippen molar-refractivity contribution in [2.24, 2.45) is 5.11 Å². The Morgan fingerprint density at radius 2 is 2.55 bits per heavy atom. The van der Waals surface area contributed by atoms with Gasteiger partial charge in [0.25, 0.3) is 0 Å². The Morgan fingerprint density at radius 1 is 1.75 bits per heavy atom. The number of esters is 1. The summed E-state index contributed by atoms with van der Waals surface area (Å²) in [6.07, 6.45) is 2.16. The molecular formula is C10H17N7O3. The van der Waals surface area contributed by atoms with E-state index in [1.165, 1.54) is 11.8 Å². The second kappa shape index (κ2) is 8.86. The molecule has 1 unspecified atom stereocenters. The summed E-state index contributed by atoms with van der Waals surface area (Å²) in [5, 5.41) is 22.8. The number of hydrogen-bond donors (Lipinski definition) is 2. The highest BCUT2D eigenvalue weighted by Gasteiger charge is 2.23. The minimum atomic E-state index is -0.767. The Labute approximate surface area is 115 Å². The van der Waals surface area contributed by atoms with Crippen molar-refractivity contribution in [3.8, 4) is 0 Å². The van der Waals surface area contributed by atoms with E-state index in [0.717, 1.165) is 0 Å². The molecule has 0 saturated heterocycles. The molecule has 1 heterocycles. The van der Waals surface area contributed by atoms with E-state index in [1.807, 2.05) is 0 Å². The van der Waals surface area contributed by atoms with Crippen molar-refractivity contribution in [2.45, 2.75) is 19.0 Å². The van der Waals surface area contributed by atoms with Crippen LogP contribution in [0.15, 0.2) is 11.3 Å². The van der Waals surface area contributed by atoms with Crippen LogP contribution < -0.4 is 5.32 Å². The third kappa shape index (κ3) is 4.84. The minimum Gasteiger partial charge on any atom is -0.468 e. The van der Waals surface area contributed by atoms with Crippen molar-refractivity contribution < 1.29 is 14.6 Å². The van der Waals surface area contributed by atoms with Gasteiger partial charge in [0.2, 0.25) is 0 Å². The van der Waals surface area contributed by atoms with E-state index in [4.69, 9.17) is 15.4 Å². The number of aryl methyl sites for hydroxylation is 1. The van der Waals surface area contributed by atoms with Gasteiger partial charge in [-0.2, -0.15) is 0 Å². The zero-order valence-electron chi connectivity index (χ0n) is 11.1. The predicted octanol–water partition coefficient (Wildman–Crippen LogP) is -0.226. The second-order valence-corrected chi connectivity index (χ2v) is 3.85. The molecule has 1 aromatic rings. The topological polar surface area (TPSA) is 138 Å². The number of carbonyl (C=O) groups is 1. The summed E-state index contributed by atoms with van der Waals surface area (Å²) in [7, 11) is 1.28. The van der Waals surface area contributed by atoms with E-state index < -0.39 is 12.0 Å². The number of nitrogens with one attached hydrogen (secondary N) is 1. The van der Waals surface area contributed by atoms with Crippen LogP contribution >= 0.6 is 0 Å². The zero-order chi connectivity index (χ0) is 14.8. The highest BCUT2D eigenvalue weighted by molar-refractivity contribution is 5.76. The monoisotopic (exact) mass is 283 g/mol. The quantitative estimate of drug-likeness (QED) is 0.211. The van der Waals surface area contributed by atoms with E-state index in [0.29, 0.717) is 25.2 Å². The first-order valence-electron chi connectivity index (χ1n) is 6.06. The summed E-state index contributed by atoms with van der Waals surface area (Å²) in [6, 6.07) is -0.767. The van der Waals surface area contributed by atoms with E-state index in [2.05, 4.69) is 25.7 Å². The lowest BCUT2D eigenvalue weighted by atomic mass is 10.2. The Morgan fingerprint density at radius 3 is 3.20 bits per heavy atom. The number of azide groups is 1. The smallest absolute Gasteiger partial charge is 0.329 e. The van der Waals surface area contributed by atoms with Crippen LogP contribution in [0.4, 0.5) is 0 Å². The molecule has 1 atom stereocenters. The van der Waals surface area contributed by atoms with Gasteiger partial charge in [-0.3, -0.25) is 10.00 Å². The first-order chi connectivity index (χ1) is 9.72. The van der Waals surface area contributed by atoms with Gasteiger partial charge in [0, 0.05) is 31.2 Å². The largest absolute Gasteiger partial charge is 0.468 e. The van der Waals surface area contributed by atoms with Crippen molar-refractivity contribution >= 4 is 5.97 Å². The number of aliphatic hydroxyl groups is 1. The average molecular weight is 283 g/mol. The summed E-state index contributed by atoms with van der Waals surface area (Å²) in [5.41, 5.74) is 8.60. The third-order valence-corrected chi connectivity index (χ3v) is 2.46. The zero-order valence-corrected chi connectivity index (χ0v) is 11.1. The van der Waals surface area contributed by atoms with E-state index >= 15 is 0 Å². The van der Waals surface area contributed by atoms with Gasteiger partial charge in [-0.15, -0.1) is 5.10 Å². The molecular weight excluding hydrogens is 266 g/mol. The van der Waals surface area contributed by atoms with Gasteiger partial charge < -0.3 is 9.84 Å². The molecule has 110 valence electrons. The molecule has 0 aromatic carbocycles. The molecule has 20 heavy (non-hydrogen) atoms. The minimum absolute atomic E-state index is 0.0556. The Bertz CT molecular complexity index is 469. The summed E-state index contributed by atoms with van der Waals surface area (Å²) in [6.45, 7) is 1.09. The molecule has 1 aromatic heterocycles. The summed E-state index contributed by atoms with van der Waals surface area (Å²) >= 11 is 0. The molecule has 0 spiro atoms. The van der Waals surface area contributed by atoms with Crippen LogP contribution in [-0.4, -0.2) is 52.9 Å². The SMILES string of the molecule is COC(=O)C(NCCN=[N+]=[N-])c1cn(CCCO)nn1. The molecule has 10 nitrogen and oxygen atoms in total. The lowest BCUT2D eigenvalue weighted by Crippen LogP contribution is -2.31. The van der Waals surface area contributed by atoms with Gasteiger partial charge in [0.15, 0.2) is 6.04 Å². The number of rotatable bonds is 9. The van der Waals surface area contributed by atoms with Gasteiger partial charge >= 0.3 is 5.97 Å². The normalized spacial score (nSPS) is 11.7. The van der Waals surface area contributed by atoms with Crippen molar-refractivity contribution in [1.82, 2.24) is 20.3 Å². The van der Waals surface area contributed by atoms with Crippen LogP contribution in [0.2, 0.25) is 0 Å². The predicted molar refractivity (Wildman–Crippen MR) is 68.5 cm³/mol. The van der Waals surface area contributed by atoms with Gasteiger partial charge in [-0.1, -0.05) is 10.3 Å². The Kier molecular flexibility index (Phi) is 7.04. The Balaban J connectivity index is 2.68. The molecule has 10 heteroatoms. The number of carbonyl (C=O) groups excluding carboxylic acids is 1. The molecule has 0 saturated carbocycles. The van der Waals surface area contributed by atoms with Gasteiger partial charge in [-0.25, -0.2) is 4.79 Å². The van der Waals surface area contributed by atoms with E-state index in [9.17, 15) is 4.79 Å². The molecule has 0 aliphatic carbocycles. The highest BCUT2D eigenvalue weighted by atomic mass is 16.5. The molecule has 0 amide bonds. The molecule has 0 radical (unpaired) electrons.